The van der Waals surface area contributed by atoms with Crippen LogP contribution in [0.25, 0.3) is 0 Å². The van der Waals surface area contributed by atoms with E-state index in [0.717, 1.165) is 12.1 Å². The van der Waals surface area contributed by atoms with Gasteiger partial charge in [0.1, 0.15) is 11.6 Å². The summed E-state index contributed by atoms with van der Waals surface area (Å²) in [6, 6.07) is 2.30. The van der Waals surface area contributed by atoms with Crippen LogP contribution in [0, 0.1) is 18.6 Å². The summed E-state index contributed by atoms with van der Waals surface area (Å²) in [5, 5.41) is 0. The molecular weight excluding hydrogens is 162 g/mol. The molecule has 0 radical (unpaired) electrons. The lowest BCUT2D eigenvalue weighted by atomic mass is 10.1. The van der Waals surface area contributed by atoms with E-state index >= 15 is 0 Å². The van der Waals surface area contributed by atoms with Crippen LogP contribution in [-0.2, 0) is 6.54 Å². The highest BCUT2D eigenvalue weighted by Crippen LogP contribution is 2.13. The number of hydrogen-bond donors (Lipinski definition) is 2. The molecule has 66 valence electrons. The second-order valence-corrected chi connectivity index (χ2v) is 2.57. The standard InChI is InChI=1S/C8H10F2N2/c1-5-2-8(10)6(4-12-11)3-7(5)9/h2-3,12H,4,11H2,1H3. The van der Waals surface area contributed by atoms with Gasteiger partial charge in [-0.05, 0) is 24.6 Å². The van der Waals surface area contributed by atoms with Crippen molar-refractivity contribution in [2.75, 3.05) is 0 Å². The van der Waals surface area contributed by atoms with Crippen LogP contribution in [0.5, 0.6) is 0 Å². The van der Waals surface area contributed by atoms with Crippen LogP contribution < -0.4 is 11.3 Å². The minimum atomic E-state index is -0.438. The molecule has 12 heavy (non-hydrogen) atoms. The van der Waals surface area contributed by atoms with E-state index in [1.165, 1.54) is 6.92 Å². The van der Waals surface area contributed by atoms with Crippen LogP contribution in [-0.4, -0.2) is 0 Å². The lowest BCUT2D eigenvalue weighted by molar-refractivity contribution is 0.567. The number of aryl methyl sites for hydroxylation is 1. The average molecular weight is 172 g/mol. The van der Waals surface area contributed by atoms with Crippen molar-refractivity contribution in [2.24, 2.45) is 5.84 Å². The Morgan fingerprint density at radius 1 is 1.33 bits per heavy atom. The first kappa shape index (κ1) is 9.09. The van der Waals surface area contributed by atoms with Gasteiger partial charge >= 0.3 is 0 Å². The Hall–Kier alpha value is -1.00. The molecule has 0 fully saturated rings. The van der Waals surface area contributed by atoms with Gasteiger partial charge in [-0.3, -0.25) is 11.3 Å². The molecule has 0 unspecified atom stereocenters. The summed E-state index contributed by atoms with van der Waals surface area (Å²) in [4.78, 5) is 0. The van der Waals surface area contributed by atoms with Crippen molar-refractivity contribution in [1.82, 2.24) is 5.43 Å². The molecule has 1 aromatic rings. The number of nitrogens with one attached hydrogen (secondary N) is 1. The number of hydrazine groups is 1. The molecule has 0 saturated heterocycles. The quantitative estimate of drug-likeness (QED) is 0.520. The van der Waals surface area contributed by atoms with Gasteiger partial charge in [0.2, 0.25) is 0 Å². The van der Waals surface area contributed by atoms with Crippen molar-refractivity contribution in [3.05, 3.63) is 34.9 Å². The maximum Gasteiger partial charge on any atom is 0.128 e. The van der Waals surface area contributed by atoms with Gasteiger partial charge in [0, 0.05) is 12.1 Å². The Labute approximate surface area is 69.4 Å². The summed E-state index contributed by atoms with van der Waals surface area (Å²) in [6.07, 6.45) is 0. The molecule has 2 nitrogen and oxygen atoms in total. The van der Waals surface area contributed by atoms with E-state index in [9.17, 15) is 8.78 Å². The minimum absolute atomic E-state index is 0.128. The number of rotatable bonds is 2. The fourth-order valence-corrected chi connectivity index (χ4v) is 0.933. The highest BCUT2D eigenvalue weighted by molar-refractivity contribution is 5.24. The predicted octanol–water partition coefficient (Wildman–Crippen LogP) is 1.24. The number of hydrogen-bond acceptors (Lipinski definition) is 2. The van der Waals surface area contributed by atoms with E-state index in [4.69, 9.17) is 5.84 Å². The van der Waals surface area contributed by atoms with E-state index in [2.05, 4.69) is 5.43 Å². The van der Waals surface area contributed by atoms with E-state index < -0.39 is 11.6 Å². The molecule has 0 amide bonds. The maximum atomic E-state index is 13.0. The molecule has 0 aliphatic rings. The van der Waals surface area contributed by atoms with Crippen molar-refractivity contribution in [3.8, 4) is 0 Å². The first-order valence-electron chi connectivity index (χ1n) is 3.53. The molecular formula is C8H10F2N2. The molecule has 0 spiro atoms. The fraction of sp³-hybridized carbons (Fsp3) is 0.250. The number of benzene rings is 1. The average Bonchev–Trinajstić information content (AvgIpc) is 2.01. The van der Waals surface area contributed by atoms with E-state index in [1.807, 2.05) is 0 Å². The Morgan fingerprint density at radius 3 is 2.58 bits per heavy atom. The highest BCUT2D eigenvalue weighted by atomic mass is 19.1. The molecule has 0 bridgehead atoms. The second kappa shape index (κ2) is 3.60. The van der Waals surface area contributed by atoms with Gasteiger partial charge in [0.15, 0.2) is 0 Å². The van der Waals surface area contributed by atoms with Crippen LogP contribution in [0.4, 0.5) is 8.78 Å². The van der Waals surface area contributed by atoms with Gasteiger partial charge in [0.05, 0.1) is 0 Å². The monoisotopic (exact) mass is 172 g/mol. The van der Waals surface area contributed by atoms with E-state index in [-0.39, 0.29) is 12.1 Å². The van der Waals surface area contributed by atoms with Crippen molar-refractivity contribution in [3.63, 3.8) is 0 Å². The normalized spacial score (nSPS) is 10.3. The largest absolute Gasteiger partial charge is 0.271 e. The Morgan fingerprint density at radius 2 is 2.00 bits per heavy atom. The molecule has 0 saturated carbocycles. The van der Waals surface area contributed by atoms with Gasteiger partial charge in [0.25, 0.3) is 0 Å². The van der Waals surface area contributed by atoms with Crippen molar-refractivity contribution in [2.45, 2.75) is 13.5 Å². The van der Waals surface area contributed by atoms with E-state index in [0.29, 0.717) is 5.56 Å². The van der Waals surface area contributed by atoms with Gasteiger partial charge in [-0.1, -0.05) is 0 Å². The van der Waals surface area contributed by atoms with Crippen molar-refractivity contribution >= 4 is 0 Å². The first-order valence-corrected chi connectivity index (χ1v) is 3.53. The third-order valence-corrected chi connectivity index (χ3v) is 1.62. The molecule has 4 heteroatoms. The van der Waals surface area contributed by atoms with Crippen molar-refractivity contribution < 1.29 is 8.78 Å². The second-order valence-electron chi connectivity index (χ2n) is 2.57. The molecule has 1 rings (SSSR count). The zero-order valence-corrected chi connectivity index (χ0v) is 6.70. The summed E-state index contributed by atoms with van der Waals surface area (Å²) in [5.74, 6) is 4.13. The van der Waals surface area contributed by atoms with Gasteiger partial charge in [-0.25, -0.2) is 8.78 Å². The SMILES string of the molecule is Cc1cc(F)c(CNN)cc1F. The van der Waals surface area contributed by atoms with Crippen LogP contribution in [0.3, 0.4) is 0 Å². The predicted molar refractivity (Wildman–Crippen MR) is 42.1 cm³/mol. The van der Waals surface area contributed by atoms with Gasteiger partial charge < -0.3 is 0 Å². The Bertz CT molecular complexity index is 287. The fourth-order valence-electron chi connectivity index (χ4n) is 0.933. The zero-order valence-electron chi connectivity index (χ0n) is 6.70. The van der Waals surface area contributed by atoms with Crippen LogP contribution in [0.2, 0.25) is 0 Å². The number of nitrogens with two attached hydrogens (primary N) is 1. The summed E-state index contributed by atoms with van der Waals surface area (Å²) < 4.78 is 25.8. The maximum absolute atomic E-state index is 13.0. The van der Waals surface area contributed by atoms with Crippen molar-refractivity contribution in [1.29, 1.82) is 0 Å². The summed E-state index contributed by atoms with van der Waals surface area (Å²) >= 11 is 0. The van der Waals surface area contributed by atoms with Crippen LogP contribution >= 0.6 is 0 Å². The molecule has 0 heterocycles. The molecule has 3 N–H and O–H groups in total. The van der Waals surface area contributed by atoms with Gasteiger partial charge in [-0.2, -0.15) is 0 Å². The molecule has 0 atom stereocenters. The Balaban J connectivity index is 3.05. The third kappa shape index (κ3) is 1.78. The van der Waals surface area contributed by atoms with Gasteiger partial charge in [-0.15, -0.1) is 0 Å². The zero-order chi connectivity index (χ0) is 9.14. The molecule has 0 aromatic heterocycles. The summed E-state index contributed by atoms with van der Waals surface area (Å²) in [6.45, 7) is 1.64. The molecule has 0 aliphatic carbocycles. The third-order valence-electron chi connectivity index (χ3n) is 1.62. The topological polar surface area (TPSA) is 38.0 Å². The molecule has 1 aromatic carbocycles. The van der Waals surface area contributed by atoms with E-state index in [1.54, 1.807) is 0 Å². The van der Waals surface area contributed by atoms with Crippen LogP contribution in [0.15, 0.2) is 12.1 Å². The lowest BCUT2D eigenvalue weighted by Crippen LogP contribution is -2.21. The van der Waals surface area contributed by atoms with Crippen LogP contribution in [0.1, 0.15) is 11.1 Å². The first-order chi connectivity index (χ1) is 5.65. The minimum Gasteiger partial charge on any atom is -0.271 e. The Kier molecular flexibility index (Phi) is 2.73. The highest BCUT2D eigenvalue weighted by Gasteiger charge is 2.05. The lowest BCUT2D eigenvalue weighted by Gasteiger charge is -2.03. The number of halogens is 2. The smallest absolute Gasteiger partial charge is 0.128 e. The summed E-state index contributed by atoms with van der Waals surface area (Å²) in [5.41, 5.74) is 2.80. The molecule has 0 aliphatic heterocycles. The summed E-state index contributed by atoms with van der Waals surface area (Å²) in [7, 11) is 0.